The van der Waals surface area contributed by atoms with Crippen molar-refractivity contribution in [3.63, 3.8) is 0 Å². The quantitative estimate of drug-likeness (QED) is 0.573. The molecule has 0 atom stereocenters. The number of carbonyl (C=O) groups excluding carboxylic acids is 2. The van der Waals surface area contributed by atoms with Crippen LogP contribution in [0.3, 0.4) is 0 Å². The molecule has 0 unspecified atom stereocenters. The van der Waals surface area contributed by atoms with Gasteiger partial charge in [0.25, 0.3) is 11.6 Å². The van der Waals surface area contributed by atoms with Crippen LogP contribution in [-0.4, -0.2) is 31.0 Å². The van der Waals surface area contributed by atoms with Gasteiger partial charge >= 0.3 is 0 Å². The van der Waals surface area contributed by atoms with E-state index in [2.05, 4.69) is 5.32 Å². The van der Waals surface area contributed by atoms with Crippen LogP contribution in [0.25, 0.3) is 0 Å². The first kappa shape index (κ1) is 18.7. The number of carbonyl (C=O) groups is 2. The van der Waals surface area contributed by atoms with Crippen molar-refractivity contribution in [2.24, 2.45) is 5.73 Å². The van der Waals surface area contributed by atoms with Crippen LogP contribution in [0.2, 0.25) is 0 Å². The molecule has 9 heteroatoms. The summed E-state index contributed by atoms with van der Waals surface area (Å²) in [6.45, 7) is 0. The molecule has 0 aliphatic rings. The maximum absolute atomic E-state index is 12.5. The molecule has 2 aromatic rings. The third-order valence-corrected chi connectivity index (χ3v) is 3.53. The maximum Gasteiger partial charge on any atom is 0.286 e. The number of rotatable bonds is 7. The minimum absolute atomic E-state index is 0.0787. The van der Waals surface area contributed by atoms with E-state index >= 15 is 0 Å². The number of hydrogen-bond acceptors (Lipinski definition) is 6. The fraction of sp³-hybridized carbons (Fsp3) is 0.176. The maximum atomic E-state index is 12.5. The Morgan fingerprint density at radius 3 is 2.19 bits per heavy atom. The van der Waals surface area contributed by atoms with Crippen LogP contribution in [0, 0.1) is 10.1 Å². The molecule has 0 bridgehead atoms. The molecule has 9 nitrogen and oxygen atoms in total. The van der Waals surface area contributed by atoms with E-state index in [0.717, 1.165) is 6.07 Å². The summed E-state index contributed by atoms with van der Waals surface area (Å²) in [5.41, 5.74) is 5.63. The zero-order chi connectivity index (χ0) is 19.3. The number of ether oxygens (including phenoxy) is 2. The highest BCUT2D eigenvalue weighted by molar-refractivity contribution is 6.07. The van der Waals surface area contributed by atoms with E-state index in [-0.39, 0.29) is 23.5 Å². The fourth-order valence-electron chi connectivity index (χ4n) is 2.31. The van der Waals surface area contributed by atoms with Gasteiger partial charge in [-0.15, -0.1) is 0 Å². The van der Waals surface area contributed by atoms with Crippen molar-refractivity contribution in [2.75, 3.05) is 19.5 Å². The van der Waals surface area contributed by atoms with Crippen molar-refractivity contribution in [2.45, 2.75) is 6.42 Å². The molecule has 0 fully saturated rings. The van der Waals surface area contributed by atoms with Crippen LogP contribution >= 0.6 is 0 Å². The van der Waals surface area contributed by atoms with Crippen LogP contribution in [0.5, 0.6) is 11.5 Å². The molecule has 26 heavy (non-hydrogen) atoms. The summed E-state index contributed by atoms with van der Waals surface area (Å²) in [5.74, 6) is -0.811. The number of nitro groups is 1. The lowest BCUT2D eigenvalue weighted by atomic mass is 10.1. The van der Waals surface area contributed by atoms with E-state index in [1.165, 1.54) is 20.3 Å². The lowest BCUT2D eigenvalue weighted by molar-refractivity contribution is -0.385. The molecular weight excluding hydrogens is 342 g/mol. The number of nitrogens with two attached hydrogens (primary N) is 1. The highest BCUT2D eigenvalue weighted by atomic mass is 16.6. The lowest BCUT2D eigenvalue weighted by Gasteiger charge is -2.11. The molecule has 0 aliphatic heterocycles. The Bertz CT molecular complexity index is 848. The van der Waals surface area contributed by atoms with Crippen LogP contribution in [0.1, 0.15) is 15.9 Å². The highest BCUT2D eigenvalue weighted by Crippen LogP contribution is 2.34. The van der Waals surface area contributed by atoms with E-state index in [0.29, 0.717) is 11.3 Å². The van der Waals surface area contributed by atoms with Crippen molar-refractivity contribution in [3.8, 4) is 11.5 Å². The number of amides is 2. The molecule has 0 radical (unpaired) electrons. The molecule has 0 heterocycles. The number of hydrogen-bond donors (Lipinski definition) is 2. The Labute approximate surface area is 148 Å². The number of nitro benzene ring substituents is 1. The smallest absolute Gasteiger partial charge is 0.286 e. The third-order valence-electron chi connectivity index (χ3n) is 3.53. The van der Waals surface area contributed by atoms with Gasteiger partial charge in [-0.2, -0.15) is 0 Å². The average molecular weight is 359 g/mol. The van der Waals surface area contributed by atoms with Gasteiger partial charge in [0.1, 0.15) is 5.56 Å². The van der Waals surface area contributed by atoms with E-state index < -0.39 is 22.4 Å². The number of anilines is 1. The van der Waals surface area contributed by atoms with Gasteiger partial charge in [-0.25, -0.2) is 0 Å². The van der Waals surface area contributed by atoms with Crippen molar-refractivity contribution < 1.29 is 24.0 Å². The third kappa shape index (κ3) is 4.26. The van der Waals surface area contributed by atoms with Crippen LogP contribution in [0.4, 0.5) is 11.4 Å². The highest BCUT2D eigenvalue weighted by Gasteiger charge is 2.24. The molecular formula is C17H17N3O6. The normalized spacial score (nSPS) is 10.1. The summed E-state index contributed by atoms with van der Waals surface area (Å²) < 4.78 is 10.1. The van der Waals surface area contributed by atoms with Gasteiger partial charge in [-0.05, 0) is 17.7 Å². The molecule has 136 valence electrons. The van der Waals surface area contributed by atoms with Crippen LogP contribution in [-0.2, 0) is 11.2 Å². The lowest BCUT2D eigenvalue weighted by Crippen LogP contribution is -2.15. The Kier molecular flexibility index (Phi) is 5.74. The first-order valence-corrected chi connectivity index (χ1v) is 7.44. The average Bonchev–Trinajstić information content (AvgIpc) is 2.61. The Hall–Kier alpha value is -3.62. The number of methoxy groups -OCH3 is 2. The first-order chi connectivity index (χ1) is 12.3. The minimum Gasteiger partial charge on any atom is -0.493 e. The number of benzene rings is 2. The zero-order valence-corrected chi connectivity index (χ0v) is 14.1. The largest absolute Gasteiger partial charge is 0.493 e. The number of nitrogens with one attached hydrogen (secondary N) is 1. The fourth-order valence-corrected chi connectivity index (χ4v) is 2.31. The molecule has 0 spiro atoms. The molecule has 0 aliphatic carbocycles. The van der Waals surface area contributed by atoms with Crippen LogP contribution < -0.4 is 20.5 Å². The van der Waals surface area contributed by atoms with Gasteiger partial charge in [-0.3, -0.25) is 19.7 Å². The van der Waals surface area contributed by atoms with Crippen molar-refractivity contribution >= 4 is 23.2 Å². The summed E-state index contributed by atoms with van der Waals surface area (Å²) in [6.07, 6.45) is 0.0787. The monoisotopic (exact) mass is 359 g/mol. The second kappa shape index (κ2) is 7.97. The standard InChI is InChI=1S/C17H17N3O6/c1-25-14-8-12(13(20(23)24)9-15(14)26-2)17(22)19-11-5-3-10(4-6-11)7-16(18)21/h3-6,8-9H,7H2,1-2H3,(H2,18,21)(H,19,22). The minimum atomic E-state index is -0.680. The summed E-state index contributed by atoms with van der Waals surface area (Å²) in [4.78, 5) is 34.0. The summed E-state index contributed by atoms with van der Waals surface area (Å²) in [6, 6.07) is 8.77. The second-order valence-corrected chi connectivity index (χ2v) is 5.28. The van der Waals surface area contributed by atoms with Crippen molar-refractivity contribution in [1.29, 1.82) is 0 Å². The van der Waals surface area contributed by atoms with E-state index in [1.807, 2.05) is 0 Å². The van der Waals surface area contributed by atoms with Gasteiger partial charge < -0.3 is 20.5 Å². The van der Waals surface area contributed by atoms with Crippen molar-refractivity contribution in [1.82, 2.24) is 0 Å². The molecule has 2 rings (SSSR count). The Balaban J connectivity index is 2.31. The van der Waals surface area contributed by atoms with Crippen LogP contribution in [0.15, 0.2) is 36.4 Å². The summed E-state index contributed by atoms with van der Waals surface area (Å²) in [5, 5.41) is 13.8. The zero-order valence-electron chi connectivity index (χ0n) is 14.1. The second-order valence-electron chi connectivity index (χ2n) is 5.28. The Morgan fingerprint density at radius 2 is 1.69 bits per heavy atom. The summed E-state index contributed by atoms with van der Waals surface area (Å²) >= 11 is 0. The molecule has 2 amide bonds. The molecule has 3 N–H and O–H groups in total. The van der Waals surface area contributed by atoms with E-state index in [4.69, 9.17) is 15.2 Å². The van der Waals surface area contributed by atoms with Gasteiger partial charge in [-0.1, -0.05) is 12.1 Å². The van der Waals surface area contributed by atoms with Crippen molar-refractivity contribution in [3.05, 3.63) is 57.6 Å². The number of primary amides is 1. The SMILES string of the molecule is COc1cc(C(=O)Nc2ccc(CC(N)=O)cc2)c([N+](=O)[O-])cc1OC. The van der Waals surface area contributed by atoms with Gasteiger partial charge in [0.15, 0.2) is 11.5 Å². The summed E-state index contributed by atoms with van der Waals surface area (Å²) in [7, 11) is 2.71. The predicted octanol–water partition coefficient (Wildman–Crippen LogP) is 1.89. The topological polar surface area (TPSA) is 134 Å². The van der Waals surface area contributed by atoms with E-state index in [9.17, 15) is 19.7 Å². The van der Waals surface area contributed by atoms with Gasteiger partial charge in [0, 0.05) is 11.8 Å². The first-order valence-electron chi connectivity index (χ1n) is 7.44. The Morgan fingerprint density at radius 1 is 1.12 bits per heavy atom. The molecule has 0 saturated carbocycles. The molecule has 0 aromatic heterocycles. The molecule has 0 saturated heterocycles. The van der Waals surface area contributed by atoms with E-state index in [1.54, 1.807) is 24.3 Å². The molecule has 2 aromatic carbocycles. The van der Waals surface area contributed by atoms with Gasteiger partial charge in [0.2, 0.25) is 5.91 Å². The number of nitrogens with zero attached hydrogens (tertiary/aromatic N) is 1. The predicted molar refractivity (Wildman–Crippen MR) is 93.5 cm³/mol. The van der Waals surface area contributed by atoms with Gasteiger partial charge in [0.05, 0.1) is 31.6 Å².